The molecule has 428 valence electrons. The topological polar surface area (TPSA) is 78.9 Å². The number of allylic oxidation sites excluding steroid dienone is 12. The second-order valence-corrected chi connectivity index (χ2v) is 21.3. The average molecular weight is 1030 g/mol. The molecule has 1 atom stereocenters. The Morgan fingerprint density at radius 3 is 0.838 bits per heavy atom. The first-order valence-electron chi connectivity index (χ1n) is 31.9. The summed E-state index contributed by atoms with van der Waals surface area (Å²) in [6.45, 7) is 6.55. The van der Waals surface area contributed by atoms with E-state index in [2.05, 4.69) is 93.7 Å². The van der Waals surface area contributed by atoms with Crippen LogP contribution in [0.4, 0.5) is 0 Å². The van der Waals surface area contributed by atoms with E-state index in [1.54, 1.807) is 0 Å². The van der Waals surface area contributed by atoms with Gasteiger partial charge in [-0.25, -0.2) is 0 Å². The molecule has 0 aliphatic carbocycles. The van der Waals surface area contributed by atoms with Crippen molar-refractivity contribution in [3.8, 4) is 0 Å². The van der Waals surface area contributed by atoms with Crippen LogP contribution >= 0.6 is 0 Å². The second kappa shape index (κ2) is 62.4. The largest absolute Gasteiger partial charge is 0.462 e. The van der Waals surface area contributed by atoms with Gasteiger partial charge in [-0.1, -0.05) is 286 Å². The van der Waals surface area contributed by atoms with Crippen molar-refractivity contribution in [3.63, 3.8) is 0 Å². The van der Waals surface area contributed by atoms with Crippen molar-refractivity contribution < 1.29 is 28.6 Å². The third kappa shape index (κ3) is 59.7. The van der Waals surface area contributed by atoms with E-state index >= 15 is 0 Å². The van der Waals surface area contributed by atoms with Crippen molar-refractivity contribution in [2.75, 3.05) is 13.2 Å². The highest BCUT2D eigenvalue weighted by Gasteiger charge is 2.19. The van der Waals surface area contributed by atoms with E-state index in [4.69, 9.17) is 14.2 Å². The monoisotopic (exact) mass is 1030 g/mol. The molecular weight excluding hydrogens is 913 g/mol. The van der Waals surface area contributed by atoms with Gasteiger partial charge in [0.15, 0.2) is 6.10 Å². The van der Waals surface area contributed by atoms with Crippen molar-refractivity contribution in [1.29, 1.82) is 0 Å². The Morgan fingerprint density at radius 1 is 0.284 bits per heavy atom. The predicted octanol–water partition coefficient (Wildman–Crippen LogP) is 21.7. The van der Waals surface area contributed by atoms with Crippen molar-refractivity contribution >= 4 is 17.9 Å². The molecule has 0 amide bonds. The fourth-order valence-corrected chi connectivity index (χ4v) is 9.17. The van der Waals surface area contributed by atoms with Crippen molar-refractivity contribution in [3.05, 3.63) is 72.9 Å². The van der Waals surface area contributed by atoms with Crippen LogP contribution in [-0.2, 0) is 28.6 Å². The molecule has 74 heavy (non-hydrogen) atoms. The first-order chi connectivity index (χ1) is 36.5. The maximum Gasteiger partial charge on any atom is 0.306 e. The summed E-state index contributed by atoms with van der Waals surface area (Å²) in [7, 11) is 0. The summed E-state index contributed by atoms with van der Waals surface area (Å²) in [5.41, 5.74) is 0. The van der Waals surface area contributed by atoms with Gasteiger partial charge in [0, 0.05) is 19.3 Å². The minimum absolute atomic E-state index is 0.0794. The number of hydrogen-bond acceptors (Lipinski definition) is 6. The zero-order valence-corrected chi connectivity index (χ0v) is 49.1. The number of rotatable bonds is 58. The van der Waals surface area contributed by atoms with Gasteiger partial charge in [0.1, 0.15) is 13.2 Å². The molecule has 0 aromatic carbocycles. The number of ether oxygens (including phenoxy) is 3. The lowest BCUT2D eigenvalue weighted by Crippen LogP contribution is -2.30. The van der Waals surface area contributed by atoms with Crippen LogP contribution in [0.3, 0.4) is 0 Å². The van der Waals surface area contributed by atoms with Crippen LogP contribution in [0.5, 0.6) is 0 Å². The zero-order valence-electron chi connectivity index (χ0n) is 49.1. The molecule has 0 aliphatic heterocycles. The Hall–Kier alpha value is -3.15. The molecule has 0 aliphatic rings. The third-order valence-corrected chi connectivity index (χ3v) is 13.9. The number of unbranched alkanes of at least 4 members (excludes halogenated alkanes) is 35. The van der Waals surface area contributed by atoms with Gasteiger partial charge in [-0.15, -0.1) is 0 Å². The van der Waals surface area contributed by atoms with Gasteiger partial charge in [-0.3, -0.25) is 14.4 Å². The van der Waals surface area contributed by atoms with Crippen LogP contribution in [0.15, 0.2) is 72.9 Å². The maximum absolute atomic E-state index is 12.9. The minimum atomic E-state index is -0.784. The van der Waals surface area contributed by atoms with E-state index in [0.29, 0.717) is 19.3 Å². The zero-order chi connectivity index (χ0) is 53.6. The van der Waals surface area contributed by atoms with Gasteiger partial charge in [-0.05, 0) is 89.9 Å². The summed E-state index contributed by atoms with van der Waals surface area (Å²) in [4.78, 5) is 38.3. The predicted molar refractivity (Wildman–Crippen MR) is 321 cm³/mol. The standard InChI is InChI=1S/C68H120O6/c1-4-7-10-13-16-19-22-25-28-30-32-34-36-38-40-43-46-49-52-55-58-61-67(70)73-64-65(63-72-66(69)60-57-54-51-48-45-42-27-24-21-18-15-12-9-6-3)74-68(71)62-59-56-53-50-47-44-41-39-37-35-33-31-29-26-23-20-17-14-11-8-5-2/h7,10,16,19,25,28,31-34,38,40,65H,4-6,8-9,11-15,17-18,20-24,26-27,29-30,35-37,39,41-64H2,1-3H3/b10-7-,19-16-,28-25-,33-31-,34-32-,40-38-. The molecule has 0 saturated heterocycles. The van der Waals surface area contributed by atoms with Crippen molar-refractivity contribution in [1.82, 2.24) is 0 Å². The molecule has 0 heterocycles. The quantitative estimate of drug-likeness (QED) is 0.0261. The summed E-state index contributed by atoms with van der Waals surface area (Å²) < 4.78 is 16.9. The Balaban J connectivity index is 4.38. The van der Waals surface area contributed by atoms with Gasteiger partial charge < -0.3 is 14.2 Å². The Morgan fingerprint density at radius 2 is 0.527 bits per heavy atom. The Kier molecular flexibility index (Phi) is 59.7. The third-order valence-electron chi connectivity index (χ3n) is 13.9. The molecule has 0 spiro atoms. The fraction of sp³-hybridized carbons (Fsp3) is 0.779. The minimum Gasteiger partial charge on any atom is -0.462 e. The van der Waals surface area contributed by atoms with Gasteiger partial charge in [0.25, 0.3) is 0 Å². The molecule has 0 saturated carbocycles. The lowest BCUT2D eigenvalue weighted by molar-refractivity contribution is -0.167. The molecule has 0 aromatic heterocycles. The summed E-state index contributed by atoms with van der Waals surface area (Å²) in [6, 6.07) is 0. The van der Waals surface area contributed by atoms with Crippen LogP contribution in [0, 0.1) is 0 Å². The Bertz CT molecular complexity index is 1370. The first kappa shape index (κ1) is 70.8. The van der Waals surface area contributed by atoms with Crippen molar-refractivity contribution in [2.45, 2.75) is 329 Å². The summed E-state index contributed by atoms with van der Waals surface area (Å²) in [5.74, 6) is -0.885. The van der Waals surface area contributed by atoms with Crippen LogP contribution in [0.25, 0.3) is 0 Å². The summed E-state index contributed by atoms with van der Waals surface area (Å²) >= 11 is 0. The SMILES string of the molecule is CC/C=C\C/C=C\C/C=C\C/C=C\C/C=C\CCCCCCCC(=O)OCC(COC(=O)CCCCCCCCCCCCCCCC)OC(=O)CCCCCCCCCCC/C=C\CCCCCCCCCC. The molecular formula is C68H120O6. The average Bonchev–Trinajstić information content (AvgIpc) is 3.40. The lowest BCUT2D eigenvalue weighted by atomic mass is 10.0. The van der Waals surface area contributed by atoms with Gasteiger partial charge >= 0.3 is 17.9 Å². The highest BCUT2D eigenvalue weighted by molar-refractivity contribution is 5.71. The molecule has 6 nitrogen and oxygen atoms in total. The lowest BCUT2D eigenvalue weighted by Gasteiger charge is -2.18. The molecule has 0 bridgehead atoms. The fourth-order valence-electron chi connectivity index (χ4n) is 9.17. The normalized spacial score (nSPS) is 12.5. The van der Waals surface area contributed by atoms with E-state index in [1.807, 2.05) is 0 Å². The number of carbonyl (C=O) groups excluding carboxylic acids is 3. The first-order valence-corrected chi connectivity index (χ1v) is 31.9. The second-order valence-electron chi connectivity index (χ2n) is 21.3. The molecule has 0 N–H and O–H groups in total. The highest BCUT2D eigenvalue weighted by Crippen LogP contribution is 2.17. The van der Waals surface area contributed by atoms with Gasteiger partial charge in [-0.2, -0.15) is 0 Å². The molecule has 0 radical (unpaired) electrons. The number of hydrogen-bond donors (Lipinski definition) is 0. The molecule has 0 fully saturated rings. The molecule has 0 rings (SSSR count). The highest BCUT2D eigenvalue weighted by atomic mass is 16.6. The van der Waals surface area contributed by atoms with Crippen LogP contribution in [-0.4, -0.2) is 37.2 Å². The molecule has 0 aromatic rings. The Labute approximate surface area is 459 Å². The molecule has 1 unspecified atom stereocenters. The van der Waals surface area contributed by atoms with Gasteiger partial charge in [0.05, 0.1) is 0 Å². The summed E-state index contributed by atoms with van der Waals surface area (Å²) in [6.07, 6.45) is 80.4. The van der Waals surface area contributed by atoms with E-state index in [-0.39, 0.29) is 31.1 Å². The van der Waals surface area contributed by atoms with E-state index in [9.17, 15) is 14.4 Å². The van der Waals surface area contributed by atoms with Crippen LogP contribution in [0.1, 0.15) is 323 Å². The van der Waals surface area contributed by atoms with Gasteiger partial charge in [0.2, 0.25) is 0 Å². The number of carbonyl (C=O) groups is 3. The van der Waals surface area contributed by atoms with E-state index in [0.717, 1.165) is 109 Å². The smallest absolute Gasteiger partial charge is 0.306 e. The van der Waals surface area contributed by atoms with Crippen LogP contribution < -0.4 is 0 Å². The number of esters is 3. The molecule has 6 heteroatoms. The van der Waals surface area contributed by atoms with E-state index < -0.39 is 6.10 Å². The van der Waals surface area contributed by atoms with Crippen molar-refractivity contribution in [2.24, 2.45) is 0 Å². The van der Waals surface area contributed by atoms with E-state index in [1.165, 1.54) is 173 Å². The summed E-state index contributed by atoms with van der Waals surface area (Å²) in [5, 5.41) is 0. The maximum atomic E-state index is 12.9. The van der Waals surface area contributed by atoms with Crippen LogP contribution in [0.2, 0.25) is 0 Å².